The number of nitrogens with zero attached hydrogens (tertiary/aromatic N) is 1. The lowest BCUT2D eigenvalue weighted by Crippen LogP contribution is -2.27. The summed E-state index contributed by atoms with van der Waals surface area (Å²) in [5.74, 6) is -0.517. The number of carbonyl (C=O) groups is 1. The summed E-state index contributed by atoms with van der Waals surface area (Å²) in [4.78, 5) is 12.9. The van der Waals surface area contributed by atoms with Gasteiger partial charge in [0, 0.05) is 12.1 Å². The van der Waals surface area contributed by atoms with Crippen molar-refractivity contribution in [2.75, 3.05) is 0 Å². The van der Waals surface area contributed by atoms with Gasteiger partial charge in [0.15, 0.2) is 0 Å². The molecular formula is C22H19FN2OS. The second-order valence-electron chi connectivity index (χ2n) is 6.43. The molecule has 2 heterocycles. The van der Waals surface area contributed by atoms with Crippen LogP contribution in [0.5, 0.6) is 0 Å². The van der Waals surface area contributed by atoms with E-state index in [1.807, 2.05) is 35.7 Å². The lowest BCUT2D eigenvalue weighted by atomic mass is 10.1. The molecule has 2 aromatic heterocycles. The molecule has 5 heteroatoms. The van der Waals surface area contributed by atoms with Crippen molar-refractivity contribution in [2.24, 2.45) is 0 Å². The van der Waals surface area contributed by atoms with Crippen molar-refractivity contribution >= 4 is 27.5 Å². The Hall–Kier alpha value is -2.92. The molecule has 1 N–H and O–H groups in total. The summed E-state index contributed by atoms with van der Waals surface area (Å²) in [6.07, 6.45) is 0. The quantitative estimate of drug-likeness (QED) is 0.497. The van der Waals surface area contributed by atoms with E-state index in [2.05, 4.69) is 28.9 Å². The first-order chi connectivity index (χ1) is 13.1. The summed E-state index contributed by atoms with van der Waals surface area (Å²) in [5, 5.41) is 4.89. The van der Waals surface area contributed by atoms with Crippen LogP contribution in [-0.4, -0.2) is 10.5 Å². The zero-order valence-electron chi connectivity index (χ0n) is 14.9. The molecule has 0 saturated carbocycles. The highest BCUT2D eigenvalue weighted by atomic mass is 32.1. The Balaban J connectivity index is 1.66. The van der Waals surface area contributed by atoms with Crippen molar-refractivity contribution in [3.63, 3.8) is 0 Å². The lowest BCUT2D eigenvalue weighted by molar-refractivity contribution is 0.0941. The van der Waals surface area contributed by atoms with E-state index < -0.39 is 0 Å². The fourth-order valence-corrected chi connectivity index (χ4v) is 4.14. The monoisotopic (exact) mass is 378 g/mol. The van der Waals surface area contributed by atoms with Gasteiger partial charge >= 0.3 is 0 Å². The van der Waals surface area contributed by atoms with Crippen molar-refractivity contribution in [2.45, 2.75) is 19.5 Å². The van der Waals surface area contributed by atoms with E-state index in [0.717, 1.165) is 15.8 Å². The molecule has 0 aliphatic heterocycles. The summed E-state index contributed by atoms with van der Waals surface area (Å²) in [6, 6.07) is 20.5. The van der Waals surface area contributed by atoms with Gasteiger partial charge in [0.2, 0.25) is 0 Å². The highest BCUT2D eigenvalue weighted by Gasteiger charge is 2.21. The van der Waals surface area contributed by atoms with Crippen molar-refractivity contribution in [1.29, 1.82) is 0 Å². The Morgan fingerprint density at radius 2 is 1.85 bits per heavy atom. The molecule has 1 atom stereocenters. The fraction of sp³-hybridized carbons (Fsp3) is 0.136. The molecule has 0 radical (unpaired) electrons. The molecule has 0 aliphatic rings. The van der Waals surface area contributed by atoms with Crippen LogP contribution in [0.25, 0.3) is 10.2 Å². The SMILES string of the molecule is C[C@@H](c1ccccc1)n1c(C(=O)NCc2ccccc2F)cc2sccc21. The zero-order chi connectivity index (χ0) is 18.8. The average Bonchev–Trinajstić information content (AvgIpc) is 3.28. The van der Waals surface area contributed by atoms with Gasteiger partial charge in [-0.1, -0.05) is 48.5 Å². The molecule has 1 amide bonds. The van der Waals surface area contributed by atoms with Crippen molar-refractivity contribution in [3.05, 3.63) is 94.7 Å². The molecule has 27 heavy (non-hydrogen) atoms. The minimum Gasteiger partial charge on any atom is -0.347 e. The predicted molar refractivity (Wildman–Crippen MR) is 108 cm³/mol. The Labute approximate surface area is 161 Å². The van der Waals surface area contributed by atoms with E-state index in [9.17, 15) is 9.18 Å². The van der Waals surface area contributed by atoms with Crippen LogP contribution in [0.15, 0.2) is 72.1 Å². The normalized spacial score (nSPS) is 12.2. The topological polar surface area (TPSA) is 34.0 Å². The van der Waals surface area contributed by atoms with Crippen molar-refractivity contribution in [1.82, 2.24) is 9.88 Å². The molecule has 2 aromatic carbocycles. The van der Waals surface area contributed by atoms with Crippen LogP contribution >= 0.6 is 11.3 Å². The number of benzene rings is 2. The van der Waals surface area contributed by atoms with E-state index in [0.29, 0.717) is 11.3 Å². The Kier molecular flexibility index (Phi) is 4.77. The van der Waals surface area contributed by atoms with Crippen LogP contribution in [0.4, 0.5) is 4.39 Å². The molecule has 136 valence electrons. The number of carbonyl (C=O) groups excluding carboxylic acids is 1. The summed E-state index contributed by atoms with van der Waals surface area (Å²) >= 11 is 1.61. The molecule has 3 nitrogen and oxygen atoms in total. The zero-order valence-corrected chi connectivity index (χ0v) is 15.7. The number of hydrogen-bond acceptors (Lipinski definition) is 2. The number of rotatable bonds is 5. The highest BCUT2D eigenvalue weighted by molar-refractivity contribution is 7.17. The van der Waals surface area contributed by atoms with Crippen LogP contribution in [0.2, 0.25) is 0 Å². The second kappa shape index (κ2) is 7.37. The van der Waals surface area contributed by atoms with Crippen LogP contribution in [0.1, 0.15) is 34.6 Å². The van der Waals surface area contributed by atoms with E-state index in [1.165, 1.54) is 6.07 Å². The number of aromatic nitrogens is 1. The van der Waals surface area contributed by atoms with Gasteiger partial charge in [-0.05, 0) is 36.1 Å². The van der Waals surface area contributed by atoms with Crippen LogP contribution < -0.4 is 5.32 Å². The van der Waals surface area contributed by atoms with Gasteiger partial charge in [-0.15, -0.1) is 11.3 Å². The van der Waals surface area contributed by atoms with Crippen LogP contribution in [-0.2, 0) is 6.54 Å². The number of thiophene rings is 1. The summed E-state index contributed by atoms with van der Waals surface area (Å²) in [6.45, 7) is 2.24. The summed E-state index contributed by atoms with van der Waals surface area (Å²) in [5.41, 5.74) is 3.23. The fourth-order valence-electron chi connectivity index (χ4n) is 3.33. The second-order valence-corrected chi connectivity index (χ2v) is 7.38. The minimum atomic E-state index is -0.313. The Bertz CT molecular complexity index is 1080. The smallest absolute Gasteiger partial charge is 0.268 e. The maximum atomic E-state index is 13.8. The highest BCUT2D eigenvalue weighted by Crippen LogP contribution is 2.31. The molecule has 0 spiro atoms. The first-order valence-corrected chi connectivity index (χ1v) is 9.68. The number of halogens is 1. The molecule has 0 bridgehead atoms. The van der Waals surface area contributed by atoms with Gasteiger partial charge in [-0.3, -0.25) is 4.79 Å². The number of nitrogens with one attached hydrogen (secondary N) is 1. The van der Waals surface area contributed by atoms with Gasteiger partial charge in [0.05, 0.1) is 16.3 Å². The van der Waals surface area contributed by atoms with E-state index in [4.69, 9.17) is 0 Å². The third-order valence-electron chi connectivity index (χ3n) is 4.76. The summed E-state index contributed by atoms with van der Waals surface area (Å²) < 4.78 is 17.0. The van der Waals surface area contributed by atoms with Gasteiger partial charge in [0.1, 0.15) is 11.5 Å². The van der Waals surface area contributed by atoms with Gasteiger partial charge in [0.25, 0.3) is 5.91 Å². The van der Waals surface area contributed by atoms with Crippen molar-refractivity contribution < 1.29 is 9.18 Å². The Morgan fingerprint density at radius 3 is 2.63 bits per heavy atom. The van der Waals surface area contributed by atoms with Crippen LogP contribution in [0, 0.1) is 5.82 Å². The standard InChI is InChI=1S/C22H19FN2OS/c1-15(16-7-3-2-4-8-16)25-19-11-12-27-21(19)13-20(25)22(26)24-14-17-9-5-6-10-18(17)23/h2-13,15H,14H2,1H3,(H,24,26)/t15-/m0/s1. The maximum Gasteiger partial charge on any atom is 0.268 e. The van der Waals surface area contributed by atoms with Gasteiger partial charge in [-0.2, -0.15) is 0 Å². The van der Waals surface area contributed by atoms with Crippen LogP contribution in [0.3, 0.4) is 0 Å². The number of hydrogen-bond donors (Lipinski definition) is 1. The lowest BCUT2D eigenvalue weighted by Gasteiger charge is -2.19. The first-order valence-electron chi connectivity index (χ1n) is 8.80. The third kappa shape index (κ3) is 3.38. The molecule has 4 aromatic rings. The third-order valence-corrected chi connectivity index (χ3v) is 5.61. The predicted octanol–water partition coefficient (Wildman–Crippen LogP) is 5.38. The Morgan fingerprint density at radius 1 is 1.11 bits per heavy atom. The van der Waals surface area contributed by atoms with Crippen molar-refractivity contribution in [3.8, 4) is 0 Å². The first kappa shape index (κ1) is 17.5. The largest absolute Gasteiger partial charge is 0.347 e. The number of amides is 1. The molecule has 0 aliphatic carbocycles. The summed E-state index contributed by atoms with van der Waals surface area (Å²) in [7, 11) is 0. The molecule has 4 rings (SSSR count). The molecule has 0 unspecified atom stereocenters. The molecule has 0 fully saturated rings. The average molecular weight is 378 g/mol. The van der Waals surface area contributed by atoms with E-state index in [-0.39, 0.29) is 24.3 Å². The van der Waals surface area contributed by atoms with Gasteiger partial charge in [-0.25, -0.2) is 4.39 Å². The maximum absolute atomic E-state index is 13.8. The van der Waals surface area contributed by atoms with Gasteiger partial charge < -0.3 is 9.88 Å². The minimum absolute atomic E-state index is 0.00695. The van der Waals surface area contributed by atoms with E-state index in [1.54, 1.807) is 29.5 Å². The molecular weight excluding hydrogens is 359 g/mol. The van der Waals surface area contributed by atoms with E-state index >= 15 is 0 Å². The molecule has 0 saturated heterocycles. The number of fused-ring (bicyclic) bond motifs is 1.